The Morgan fingerprint density at radius 3 is 2.74 bits per heavy atom. The molecule has 1 saturated carbocycles. The van der Waals surface area contributed by atoms with Crippen molar-refractivity contribution in [1.29, 1.82) is 0 Å². The Kier molecular flexibility index (Phi) is 3.54. The van der Waals surface area contributed by atoms with Crippen LogP contribution in [0.25, 0.3) is 0 Å². The van der Waals surface area contributed by atoms with Crippen LogP contribution in [-0.4, -0.2) is 60.0 Å². The van der Waals surface area contributed by atoms with Gasteiger partial charge in [0.2, 0.25) is 5.96 Å². The SMILES string of the molecule is CN1C(=O)c2[nH]c(Cc3ccc(N(C)C)cc3)nc2N2C1=N[C@H]1CCC[C@H]12. The van der Waals surface area contributed by atoms with Crippen LogP contribution in [0.4, 0.5) is 11.5 Å². The number of aliphatic imine (C=N–C) groups is 1. The number of H-pyrrole nitrogens is 1. The molecule has 2 aliphatic heterocycles. The van der Waals surface area contributed by atoms with Gasteiger partial charge in [-0.1, -0.05) is 12.1 Å². The molecule has 5 rings (SSSR count). The van der Waals surface area contributed by atoms with Gasteiger partial charge >= 0.3 is 0 Å². The lowest BCUT2D eigenvalue weighted by Crippen LogP contribution is -2.51. The van der Waals surface area contributed by atoms with Gasteiger partial charge in [-0.15, -0.1) is 0 Å². The van der Waals surface area contributed by atoms with E-state index in [0.717, 1.165) is 30.4 Å². The molecule has 1 aliphatic carbocycles. The normalized spacial score (nSPS) is 23.2. The fourth-order valence-electron chi connectivity index (χ4n) is 4.41. The minimum atomic E-state index is -0.0540. The van der Waals surface area contributed by atoms with Gasteiger partial charge in [0.25, 0.3) is 5.91 Å². The summed E-state index contributed by atoms with van der Waals surface area (Å²) in [5.74, 6) is 2.28. The van der Waals surface area contributed by atoms with Crippen LogP contribution in [0.15, 0.2) is 29.3 Å². The fraction of sp³-hybridized carbons (Fsp3) is 0.450. The van der Waals surface area contributed by atoms with Crippen LogP contribution in [0.1, 0.15) is 41.1 Å². The maximum Gasteiger partial charge on any atom is 0.280 e. The maximum absolute atomic E-state index is 12.8. The molecule has 0 radical (unpaired) electrons. The molecule has 3 aliphatic rings. The molecule has 2 aromatic rings. The van der Waals surface area contributed by atoms with E-state index in [2.05, 4.69) is 39.0 Å². The first-order valence-electron chi connectivity index (χ1n) is 9.53. The van der Waals surface area contributed by atoms with Crippen LogP contribution in [0.2, 0.25) is 0 Å². The number of aromatic nitrogens is 2. The molecule has 7 heteroatoms. The Morgan fingerprint density at radius 1 is 1.22 bits per heavy atom. The molecule has 1 aromatic heterocycles. The van der Waals surface area contributed by atoms with Gasteiger partial charge in [0.15, 0.2) is 5.82 Å². The van der Waals surface area contributed by atoms with Crippen LogP contribution in [-0.2, 0) is 6.42 Å². The largest absolute Gasteiger partial charge is 0.378 e. The zero-order chi connectivity index (χ0) is 18.7. The van der Waals surface area contributed by atoms with Crippen LogP contribution in [0, 0.1) is 0 Å². The average molecular weight is 364 g/mol. The van der Waals surface area contributed by atoms with Crippen molar-refractivity contribution in [2.24, 2.45) is 4.99 Å². The number of rotatable bonds is 3. The third-order valence-electron chi connectivity index (χ3n) is 5.88. The zero-order valence-electron chi connectivity index (χ0n) is 15.9. The fourth-order valence-corrected chi connectivity index (χ4v) is 4.41. The smallest absolute Gasteiger partial charge is 0.280 e. The predicted molar refractivity (Wildman–Crippen MR) is 106 cm³/mol. The van der Waals surface area contributed by atoms with Crippen LogP contribution < -0.4 is 9.80 Å². The van der Waals surface area contributed by atoms with Crippen molar-refractivity contribution in [2.45, 2.75) is 37.8 Å². The molecule has 1 N–H and O–H groups in total. The molecule has 27 heavy (non-hydrogen) atoms. The maximum atomic E-state index is 12.8. The Morgan fingerprint density at radius 2 is 2.00 bits per heavy atom. The van der Waals surface area contributed by atoms with Gasteiger partial charge in [0.1, 0.15) is 11.5 Å². The lowest BCUT2D eigenvalue weighted by Gasteiger charge is -2.33. The van der Waals surface area contributed by atoms with Crippen molar-refractivity contribution in [3.05, 3.63) is 41.3 Å². The molecule has 1 fully saturated rings. The first-order valence-corrected chi connectivity index (χ1v) is 9.53. The zero-order valence-corrected chi connectivity index (χ0v) is 15.9. The molecule has 1 amide bonds. The third kappa shape index (κ3) is 2.44. The van der Waals surface area contributed by atoms with E-state index in [1.165, 1.54) is 17.7 Å². The van der Waals surface area contributed by atoms with Crippen molar-refractivity contribution in [1.82, 2.24) is 14.9 Å². The number of benzene rings is 1. The Bertz CT molecular complexity index is 928. The third-order valence-corrected chi connectivity index (χ3v) is 5.88. The number of carbonyl (C=O) groups is 1. The van der Waals surface area contributed by atoms with E-state index >= 15 is 0 Å². The topological polar surface area (TPSA) is 67.8 Å². The second-order valence-corrected chi connectivity index (χ2v) is 7.85. The standard InChI is InChI=1S/C20H24N6O/c1-24(2)13-9-7-12(8-10-13)11-16-22-17-18(23-16)26-15-6-4-5-14(15)21-20(26)25(3)19(17)27/h7-10,14-15H,4-6,11H2,1-3H3,(H,22,23)/t14-,15+/m0/s1. The summed E-state index contributed by atoms with van der Waals surface area (Å²) in [6, 6.07) is 9.06. The van der Waals surface area contributed by atoms with E-state index in [1.54, 1.807) is 11.9 Å². The molecule has 2 atom stereocenters. The number of nitrogens with one attached hydrogen (secondary N) is 1. The van der Waals surface area contributed by atoms with E-state index in [4.69, 9.17) is 9.98 Å². The minimum Gasteiger partial charge on any atom is -0.378 e. The lowest BCUT2D eigenvalue weighted by molar-refractivity contribution is 0.0859. The first kappa shape index (κ1) is 16.4. The van der Waals surface area contributed by atoms with Gasteiger partial charge in [-0.3, -0.25) is 14.6 Å². The van der Waals surface area contributed by atoms with Crippen molar-refractivity contribution in [2.75, 3.05) is 30.9 Å². The molecule has 0 bridgehead atoms. The van der Waals surface area contributed by atoms with Crippen molar-refractivity contribution < 1.29 is 4.79 Å². The second-order valence-electron chi connectivity index (χ2n) is 7.85. The monoisotopic (exact) mass is 364 g/mol. The van der Waals surface area contributed by atoms with Gasteiger partial charge in [0.05, 0.1) is 12.1 Å². The second kappa shape index (κ2) is 5.84. The highest BCUT2D eigenvalue weighted by Gasteiger charge is 2.48. The number of fused-ring (bicyclic) bond motifs is 5. The summed E-state index contributed by atoms with van der Waals surface area (Å²) in [7, 11) is 5.87. The van der Waals surface area contributed by atoms with E-state index in [1.807, 2.05) is 14.1 Å². The van der Waals surface area contributed by atoms with Gasteiger partial charge in [-0.25, -0.2) is 9.98 Å². The number of guanidine groups is 1. The summed E-state index contributed by atoms with van der Waals surface area (Å²) in [6.45, 7) is 0. The highest BCUT2D eigenvalue weighted by Crippen LogP contribution is 2.39. The molecular formula is C20H24N6O. The van der Waals surface area contributed by atoms with Crippen LogP contribution in [0.3, 0.4) is 0 Å². The Labute approximate surface area is 158 Å². The summed E-state index contributed by atoms with van der Waals surface area (Å²) >= 11 is 0. The summed E-state index contributed by atoms with van der Waals surface area (Å²) in [5.41, 5.74) is 2.92. The lowest BCUT2D eigenvalue weighted by atomic mass is 10.1. The molecule has 0 spiro atoms. The van der Waals surface area contributed by atoms with Gasteiger partial charge in [-0.05, 0) is 37.0 Å². The van der Waals surface area contributed by atoms with Crippen molar-refractivity contribution in [3.8, 4) is 0 Å². The quantitative estimate of drug-likeness (QED) is 0.907. The molecule has 140 valence electrons. The highest BCUT2D eigenvalue weighted by molar-refractivity contribution is 6.18. The van der Waals surface area contributed by atoms with Crippen molar-refractivity contribution in [3.63, 3.8) is 0 Å². The summed E-state index contributed by atoms with van der Waals surface area (Å²) in [5, 5.41) is 0. The minimum absolute atomic E-state index is 0.0540. The number of hydrogen-bond donors (Lipinski definition) is 1. The van der Waals surface area contributed by atoms with E-state index < -0.39 is 0 Å². The number of aromatic amines is 1. The number of carbonyl (C=O) groups excluding carboxylic acids is 1. The number of amides is 1. The molecule has 1 aromatic carbocycles. The predicted octanol–water partition coefficient (Wildman–Crippen LogP) is 2.25. The number of anilines is 2. The number of nitrogens with zero attached hydrogens (tertiary/aromatic N) is 5. The van der Waals surface area contributed by atoms with E-state index in [-0.39, 0.29) is 5.91 Å². The van der Waals surface area contributed by atoms with E-state index in [0.29, 0.717) is 24.2 Å². The molecule has 3 heterocycles. The van der Waals surface area contributed by atoms with E-state index in [9.17, 15) is 4.79 Å². The molecule has 0 unspecified atom stereocenters. The van der Waals surface area contributed by atoms with Gasteiger partial charge in [-0.2, -0.15) is 0 Å². The number of imidazole rings is 1. The number of hydrogen-bond acceptors (Lipinski definition) is 5. The first-order chi connectivity index (χ1) is 13.0. The molecule has 0 saturated heterocycles. The average Bonchev–Trinajstić information content (AvgIpc) is 3.34. The van der Waals surface area contributed by atoms with Gasteiger partial charge < -0.3 is 9.88 Å². The Balaban J connectivity index is 1.47. The molecule has 7 nitrogen and oxygen atoms in total. The van der Waals surface area contributed by atoms with Crippen LogP contribution in [0.5, 0.6) is 0 Å². The van der Waals surface area contributed by atoms with Crippen LogP contribution >= 0.6 is 0 Å². The van der Waals surface area contributed by atoms with Crippen molar-refractivity contribution >= 4 is 23.4 Å². The molecular weight excluding hydrogens is 340 g/mol. The van der Waals surface area contributed by atoms with Gasteiger partial charge in [0, 0.05) is 33.3 Å². The highest BCUT2D eigenvalue weighted by atomic mass is 16.2. The summed E-state index contributed by atoms with van der Waals surface area (Å²) < 4.78 is 0. The summed E-state index contributed by atoms with van der Waals surface area (Å²) in [6.07, 6.45) is 4.06. The summed E-state index contributed by atoms with van der Waals surface area (Å²) in [4.78, 5) is 31.6. The Hall–Kier alpha value is -2.83.